The highest BCUT2D eigenvalue weighted by Crippen LogP contribution is 2.25. The number of rotatable bonds is 6. The van der Waals surface area contributed by atoms with E-state index < -0.39 is 0 Å². The van der Waals surface area contributed by atoms with Gasteiger partial charge in [0.15, 0.2) is 0 Å². The van der Waals surface area contributed by atoms with E-state index in [1.54, 1.807) is 7.11 Å². The molecule has 2 aromatic carbocycles. The summed E-state index contributed by atoms with van der Waals surface area (Å²) in [6.45, 7) is 5.06. The third-order valence-corrected chi connectivity index (χ3v) is 4.03. The molecule has 1 unspecified atom stereocenters. The standard InChI is InChI=1S/C18H22ClNO/c1-4-20-18(15-9-8-13(2)17(19)12-15)11-14-6-5-7-16(10-14)21-3/h5-10,12,18,20H,4,11H2,1-3H3. The van der Waals surface area contributed by atoms with E-state index in [4.69, 9.17) is 16.3 Å². The van der Waals surface area contributed by atoms with Gasteiger partial charge in [0.1, 0.15) is 5.75 Å². The van der Waals surface area contributed by atoms with Crippen LogP contribution >= 0.6 is 11.6 Å². The van der Waals surface area contributed by atoms with Gasteiger partial charge in [-0.3, -0.25) is 0 Å². The van der Waals surface area contributed by atoms with Crippen molar-refractivity contribution >= 4 is 11.6 Å². The highest BCUT2D eigenvalue weighted by atomic mass is 35.5. The summed E-state index contributed by atoms with van der Waals surface area (Å²) in [5.41, 5.74) is 3.57. The second-order valence-electron chi connectivity index (χ2n) is 5.17. The fraction of sp³-hybridized carbons (Fsp3) is 0.333. The number of aryl methyl sites for hydroxylation is 1. The summed E-state index contributed by atoms with van der Waals surface area (Å²) in [6.07, 6.45) is 0.907. The molecule has 0 aromatic heterocycles. The molecule has 0 bridgehead atoms. The van der Waals surface area contributed by atoms with Crippen molar-refractivity contribution in [2.45, 2.75) is 26.3 Å². The number of benzene rings is 2. The molecule has 112 valence electrons. The lowest BCUT2D eigenvalue weighted by molar-refractivity contribution is 0.414. The molecule has 1 N–H and O–H groups in total. The topological polar surface area (TPSA) is 21.3 Å². The molecule has 3 heteroatoms. The van der Waals surface area contributed by atoms with Gasteiger partial charge >= 0.3 is 0 Å². The largest absolute Gasteiger partial charge is 0.497 e. The van der Waals surface area contributed by atoms with Crippen LogP contribution in [0.1, 0.15) is 29.7 Å². The molecule has 0 aliphatic carbocycles. The van der Waals surface area contributed by atoms with Gasteiger partial charge in [-0.2, -0.15) is 0 Å². The highest BCUT2D eigenvalue weighted by molar-refractivity contribution is 6.31. The van der Waals surface area contributed by atoms with Crippen LogP contribution in [0.25, 0.3) is 0 Å². The second kappa shape index (κ2) is 7.48. The van der Waals surface area contributed by atoms with E-state index in [2.05, 4.69) is 42.6 Å². The lowest BCUT2D eigenvalue weighted by Gasteiger charge is -2.19. The first-order valence-electron chi connectivity index (χ1n) is 7.26. The highest BCUT2D eigenvalue weighted by Gasteiger charge is 2.12. The predicted molar refractivity (Wildman–Crippen MR) is 89.3 cm³/mol. The summed E-state index contributed by atoms with van der Waals surface area (Å²) in [5.74, 6) is 0.893. The maximum Gasteiger partial charge on any atom is 0.119 e. The maximum atomic E-state index is 6.26. The van der Waals surface area contributed by atoms with E-state index in [0.717, 1.165) is 29.3 Å². The normalized spacial score (nSPS) is 12.2. The van der Waals surface area contributed by atoms with Gasteiger partial charge in [-0.1, -0.05) is 42.8 Å². The molecule has 0 aliphatic heterocycles. The third kappa shape index (κ3) is 4.23. The molecule has 0 aliphatic rings. The van der Waals surface area contributed by atoms with E-state index in [9.17, 15) is 0 Å². The van der Waals surface area contributed by atoms with Crippen molar-refractivity contribution in [2.75, 3.05) is 13.7 Å². The van der Waals surface area contributed by atoms with Gasteiger partial charge in [0, 0.05) is 11.1 Å². The van der Waals surface area contributed by atoms with Gasteiger partial charge in [-0.15, -0.1) is 0 Å². The Balaban J connectivity index is 2.23. The monoisotopic (exact) mass is 303 g/mol. The van der Waals surface area contributed by atoms with Crippen molar-refractivity contribution in [2.24, 2.45) is 0 Å². The first-order chi connectivity index (χ1) is 10.1. The quantitative estimate of drug-likeness (QED) is 0.845. The molecule has 0 spiro atoms. The van der Waals surface area contributed by atoms with Gasteiger partial charge in [-0.25, -0.2) is 0 Å². The summed E-state index contributed by atoms with van der Waals surface area (Å²) < 4.78 is 5.30. The molecule has 0 radical (unpaired) electrons. The number of halogens is 1. The average molecular weight is 304 g/mol. The lowest BCUT2D eigenvalue weighted by Crippen LogP contribution is -2.23. The fourth-order valence-corrected chi connectivity index (χ4v) is 2.60. The molecular weight excluding hydrogens is 282 g/mol. The number of ether oxygens (including phenoxy) is 1. The minimum Gasteiger partial charge on any atom is -0.497 e. The predicted octanol–water partition coefficient (Wildman–Crippen LogP) is 4.55. The van der Waals surface area contributed by atoms with Crippen molar-refractivity contribution in [3.05, 3.63) is 64.2 Å². The van der Waals surface area contributed by atoms with Gasteiger partial charge in [-0.05, 0) is 54.8 Å². The summed E-state index contributed by atoms with van der Waals surface area (Å²) >= 11 is 6.26. The lowest BCUT2D eigenvalue weighted by atomic mass is 9.98. The number of hydrogen-bond acceptors (Lipinski definition) is 2. The van der Waals surface area contributed by atoms with Gasteiger partial charge < -0.3 is 10.1 Å². The second-order valence-corrected chi connectivity index (χ2v) is 5.58. The SMILES string of the molecule is CCNC(Cc1cccc(OC)c1)c1ccc(C)c(Cl)c1. The van der Waals surface area contributed by atoms with Crippen molar-refractivity contribution in [3.8, 4) is 5.75 Å². The first kappa shape index (κ1) is 15.9. The van der Waals surface area contributed by atoms with Crippen molar-refractivity contribution < 1.29 is 4.74 Å². The summed E-state index contributed by atoms with van der Waals surface area (Å²) in [5, 5.41) is 4.35. The number of hydrogen-bond donors (Lipinski definition) is 1. The van der Waals surface area contributed by atoms with Crippen LogP contribution in [0.2, 0.25) is 5.02 Å². The molecule has 1 atom stereocenters. The zero-order valence-electron chi connectivity index (χ0n) is 12.8. The number of nitrogens with one attached hydrogen (secondary N) is 1. The average Bonchev–Trinajstić information content (AvgIpc) is 2.50. The smallest absolute Gasteiger partial charge is 0.119 e. The van der Waals surface area contributed by atoms with Gasteiger partial charge in [0.2, 0.25) is 0 Å². The van der Waals surface area contributed by atoms with Gasteiger partial charge in [0.05, 0.1) is 7.11 Å². The number of likely N-dealkylation sites (N-methyl/N-ethyl adjacent to an activating group) is 1. The Morgan fingerprint density at radius 1 is 1.19 bits per heavy atom. The molecule has 0 saturated heterocycles. The van der Waals surface area contributed by atoms with Crippen molar-refractivity contribution in [3.63, 3.8) is 0 Å². The van der Waals surface area contributed by atoms with Crippen LogP contribution in [0.4, 0.5) is 0 Å². The molecule has 2 rings (SSSR count). The molecule has 21 heavy (non-hydrogen) atoms. The van der Waals surface area contributed by atoms with Crippen LogP contribution in [-0.4, -0.2) is 13.7 Å². The van der Waals surface area contributed by atoms with Crippen LogP contribution in [0.15, 0.2) is 42.5 Å². The maximum absolute atomic E-state index is 6.26. The first-order valence-corrected chi connectivity index (χ1v) is 7.64. The Hall–Kier alpha value is -1.51. The van der Waals surface area contributed by atoms with Gasteiger partial charge in [0.25, 0.3) is 0 Å². The molecule has 0 saturated carbocycles. The minimum atomic E-state index is 0.250. The van der Waals surface area contributed by atoms with E-state index in [-0.39, 0.29) is 6.04 Å². The van der Waals surface area contributed by atoms with Crippen LogP contribution in [0, 0.1) is 6.92 Å². The zero-order valence-corrected chi connectivity index (χ0v) is 13.6. The Labute approximate surface area is 132 Å². The van der Waals surface area contributed by atoms with E-state index in [1.165, 1.54) is 11.1 Å². The van der Waals surface area contributed by atoms with E-state index in [0.29, 0.717) is 0 Å². The zero-order chi connectivity index (χ0) is 15.2. The Morgan fingerprint density at radius 2 is 2.00 bits per heavy atom. The number of methoxy groups -OCH3 is 1. The van der Waals surface area contributed by atoms with Crippen LogP contribution in [0.5, 0.6) is 5.75 Å². The van der Waals surface area contributed by atoms with E-state index >= 15 is 0 Å². The molecule has 2 aromatic rings. The molecular formula is C18H22ClNO. The van der Waals surface area contributed by atoms with Crippen LogP contribution < -0.4 is 10.1 Å². The Bertz CT molecular complexity index is 598. The van der Waals surface area contributed by atoms with Crippen LogP contribution in [0.3, 0.4) is 0 Å². The molecule has 2 nitrogen and oxygen atoms in total. The molecule has 0 fully saturated rings. The Morgan fingerprint density at radius 3 is 2.67 bits per heavy atom. The molecule has 0 amide bonds. The Kier molecular flexibility index (Phi) is 5.66. The summed E-state index contributed by atoms with van der Waals surface area (Å²) in [6, 6.07) is 14.7. The fourth-order valence-electron chi connectivity index (χ4n) is 2.42. The van der Waals surface area contributed by atoms with Crippen LogP contribution in [-0.2, 0) is 6.42 Å². The minimum absolute atomic E-state index is 0.250. The summed E-state index contributed by atoms with van der Waals surface area (Å²) in [7, 11) is 1.70. The van der Waals surface area contributed by atoms with E-state index in [1.807, 2.05) is 19.1 Å². The van der Waals surface area contributed by atoms with Crippen molar-refractivity contribution in [1.29, 1.82) is 0 Å². The summed E-state index contributed by atoms with van der Waals surface area (Å²) in [4.78, 5) is 0. The molecule has 0 heterocycles. The van der Waals surface area contributed by atoms with Crippen molar-refractivity contribution in [1.82, 2.24) is 5.32 Å². The third-order valence-electron chi connectivity index (χ3n) is 3.62.